The van der Waals surface area contributed by atoms with E-state index < -0.39 is 9.73 Å². The van der Waals surface area contributed by atoms with Gasteiger partial charge in [0.25, 0.3) is 0 Å². The normalized spacial score (nSPS) is 15.8. The molecule has 0 aromatic carbocycles. The second-order valence-corrected chi connectivity index (χ2v) is 4.71. The zero-order valence-corrected chi connectivity index (χ0v) is 7.45. The van der Waals surface area contributed by atoms with Crippen LogP contribution >= 0.6 is 11.6 Å². The minimum Gasteiger partial charge on any atom is -0.249 e. The molecule has 0 aliphatic carbocycles. The van der Waals surface area contributed by atoms with Gasteiger partial charge in [-0.05, 0) is 12.1 Å². The van der Waals surface area contributed by atoms with Crippen molar-refractivity contribution >= 4 is 21.3 Å². The van der Waals surface area contributed by atoms with E-state index in [1.807, 2.05) is 0 Å². The van der Waals surface area contributed by atoms with E-state index in [1.54, 1.807) is 6.07 Å². The standard InChI is InChI=1S/C6H7ClN2OS/c1-11(8,10)5-2-3-6(7)9-4-5/h2-4,8H,1H3. The Kier molecular flexibility index (Phi) is 2.15. The van der Waals surface area contributed by atoms with Gasteiger partial charge >= 0.3 is 0 Å². The summed E-state index contributed by atoms with van der Waals surface area (Å²) < 4.78 is 18.3. The molecule has 0 bridgehead atoms. The molecule has 1 N–H and O–H groups in total. The smallest absolute Gasteiger partial charge is 0.129 e. The van der Waals surface area contributed by atoms with Crippen LogP contribution in [0, 0.1) is 4.78 Å². The molecule has 0 saturated carbocycles. The van der Waals surface area contributed by atoms with Gasteiger partial charge in [0.2, 0.25) is 0 Å². The predicted molar refractivity (Wildman–Crippen MR) is 44.3 cm³/mol. The fraction of sp³-hybridized carbons (Fsp3) is 0.167. The first-order valence-electron chi connectivity index (χ1n) is 2.85. The molecule has 0 spiro atoms. The zero-order valence-electron chi connectivity index (χ0n) is 5.87. The highest BCUT2D eigenvalue weighted by atomic mass is 35.5. The topological polar surface area (TPSA) is 53.8 Å². The highest BCUT2D eigenvalue weighted by Gasteiger charge is 2.01. The number of nitrogens with one attached hydrogen (secondary N) is 1. The number of aromatic nitrogens is 1. The lowest BCUT2D eigenvalue weighted by atomic mass is 10.5. The van der Waals surface area contributed by atoms with Crippen molar-refractivity contribution in [3.63, 3.8) is 0 Å². The maximum atomic E-state index is 11.1. The summed E-state index contributed by atoms with van der Waals surface area (Å²) in [6.45, 7) is 0. The van der Waals surface area contributed by atoms with Gasteiger partial charge in [0.15, 0.2) is 0 Å². The van der Waals surface area contributed by atoms with E-state index in [2.05, 4.69) is 4.98 Å². The number of nitrogens with zero attached hydrogens (tertiary/aromatic N) is 1. The van der Waals surface area contributed by atoms with E-state index >= 15 is 0 Å². The molecule has 5 heteroatoms. The van der Waals surface area contributed by atoms with Crippen molar-refractivity contribution in [2.45, 2.75) is 4.90 Å². The van der Waals surface area contributed by atoms with Crippen molar-refractivity contribution in [3.8, 4) is 0 Å². The number of hydrogen-bond acceptors (Lipinski definition) is 3. The summed E-state index contributed by atoms with van der Waals surface area (Å²) in [6, 6.07) is 3.07. The Morgan fingerprint density at radius 3 is 2.64 bits per heavy atom. The van der Waals surface area contributed by atoms with Crippen LogP contribution in [0.25, 0.3) is 0 Å². The number of hydrogen-bond donors (Lipinski definition) is 1. The SMILES string of the molecule is CS(=N)(=O)c1ccc(Cl)nc1. The Morgan fingerprint density at radius 2 is 2.27 bits per heavy atom. The molecule has 0 fully saturated rings. The fourth-order valence-electron chi connectivity index (χ4n) is 0.593. The van der Waals surface area contributed by atoms with Crippen molar-refractivity contribution < 1.29 is 4.21 Å². The third-order valence-corrected chi connectivity index (χ3v) is 2.51. The highest BCUT2D eigenvalue weighted by molar-refractivity contribution is 7.91. The summed E-state index contributed by atoms with van der Waals surface area (Å²) >= 11 is 5.50. The molecule has 60 valence electrons. The molecule has 1 unspecified atom stereocenters. The molecule has 0 amide bonds. The maximum absolute atomic E-state index is 11.1. The van der Waals surface area contributed by atoms with Crippen molar-refractivity contribution in [3.05, 3.63) is 23.5 Å². The number of rotatable bonds is 1. The molecule has 1 atom stereocenters. The van der Waals surface area contributed by atoms with Crippen molar-refractivity contribution in [2.24, 2.45) is 0 Å². The van der Waals surface area contributed by atoms with Crippen LogP contribution in [-0.2, 0) is 9.73 Å². The van der Waals surface area contributed by atoms with Crippen molar-refractivity contribution in [1.82, 2.24) is 4.98 Å². The van der Waals surface area contributed by atoms with Gasteiger partial charge in [-0.15, -0.1) is 0 Å². The van der Waals surface area contributed by atoms with Crippen LogP contribution in [0.2, 0.25) is 5.15 Å². The minimum atomic E-state index is -2.64. The average Bonchev–Trinajstić information content (AvgIpc) is 1.86. The summed E-state index contributed by atoms with van der Waals surface area (Å²) in [5.41, 5.74) is 0. The maximum Gasteiger partial charge on any atom is 0.129 e. The Morgan fingerprint density at radius 1 is 1.64 bits per heavy atom. The minimum absolute atomic E-state index is 0.345. The van der Waals surface area contributed by atoms with Crippen LogP contribution < -0.4 is 0 Å². The lowest BCUT2D eigenvalue weighted by molar-refractivity contribution is 0.678. The van der Waals surface area contributed by atoms with Crippen LogP contribution in [0.5, 0.6) is 0 Å². The van der Waals surface area contributed by atoms with Gasteiger partial charge in [-0.1, -0.05) is 11.6 Å². The van der Waals surface area contributed by atoms with E-state index in [9.17, 15) is 4.21 Å². The van der Waals surface area contributed by atoms with Crippen LogP contribution in [0.1, 0.15) is 0 Å². The van der Waals surface area contributed by atoms with Gasteiger partial charge in [-0.3, -0.25) is 0 Å². The monoisotopic (exact) mass is 190 g/mol. The Bertz CT molecular complexity index is 343. The zero-order chi connectivity index (χ0) is 8.48. The van der Waals surface area contributed by atoms with Gasteiger partial charge in [-0.25, -0.2) is 14.0 Å². The van der Waals surface area contributed by atoms with Gasteiger partial charge in [0.1, 0.15) is 5.15 Å². The Balaban J connectivity index is 3.20. The van der Waals surface area contributed by atoms with Crippen LogP contribution in [0.4, 0.5) is 0 Å². The quantitative estimate of drug-likeness (QED) is 0.687. The van der Waals surface area contributed by atoms with E-state index in [0.29, 0.717) is 10.0 Å². The summed E-state index contributed by atoms with van der Waals surface area (Å²) in [5.74, 6) is 0. The number of pyridine rings is 1. The van der Waals surface area contributed by atoms with E-state index in [-0.39, 0.29) is 0 Å². The first-order chi connectivity index (χ1) is 5.00. The van der Waals surface area contributed by atoms with E-state index in [4.69, 9.17) is 16.4 Å². The molecule has 0 saturated heterocycles. The molecule has 0 radical (unpaired) electrons. The van der Waals surface area contributed by atoms with Crippen molar-refractivity contribution in [1.29, 1.82) is 4.78 Å². The molecule has 1 heterocycles. The molecule has 0 aliphatic rings. The van der Waals surface area contributed by atoms with Gasteiger partial charge in [-0.2, -0.15) is 0 Å². The molecule has 3 nitrogen and oxygen atoms in total. The van der Waals surface area contributed by atoms with Gasteiger partial charge in [0.05, 0.1) is 14.6 Å². The molecule has 1 rings (SSSR count). The second kappa shape index (κ2) is 2.79. The van der Waals surface area contributed by atoms with E-state index in [0.717, 1.165) is 0 Å². The Labute approximate surface area is 70.4 Å². The molecular weight excluding hydrogens is 184 g/mol. The Hall–Kier alpha value is -0.610. The molecule has 1 aromatic heterocycles. The van der Waals surface area contributed by atoms with E-state index in [1.165, 1.54) is 18.5 Å². The first kappa shape index (κ1) is 8.49. The second-order valence-electron chi connectivity index (χ2n) is 2.16. The van der Waals surface area contributed by atoms with Crippen molar-refractivity contribution in [2.75, 3.05) is 6.26 Å². The van der Waals surface area contributed by atoms with Crippen LogP contribution in [-0.4, -0.2) is 15.4 Å². The van der Waals surface area contributed by atoms with Crippen LogP contribution in [0.15, 0.2) is 23.2 Å². The largest absolute Gasteiger partial charge is 0.249 e. The lowest BCUT2D eigenvalue weighted by Crippen LogP contribution is -1.94. The predicted octanol–water partition coefficient (Wildman–Crippen LogP) is 1.77. The molecule has 0 aliphatic heterocycles. The molecule has 11 heavy (non-hydrogen) atoms. The number of halogens is 1. The third-order valence-electron chi connectivity index (χ3n) is 1.15. The van der Waals surface area contributed by atoms with Crippen LogP contribution in [0.3, 0.4) is 0 Å². The summed E-state index contributed by atoms with van der Waals surface area (Å²) in [4.78, 5) is 4.12. The lowest BCUT2D eigenvalue weighted by Gasteiger charge is -1.98. The summed E-state index contributed by atoms with van der Waals surface area (Å²) in [6.07, 6.45) is 2.70. The molecular formula is C6H7ClN2OS. The first-order valence-corrected chi connectivity index (χ1v) is 5.20. The summed E-state index contributed by atoms with van der Waals surface area (Å²) in [5, 5.41) is 0.345. The van der Waals surface area contributed by atoms with Gasteiger partial charge in [0, 0.05) is 12.5 Å². The third kappa shape index (κ3) is 2.17. The fourth-order valence-corrected chi connectivity index (χ4v) is 1.29. The molecule has 1 aromatic rings. The average molecular weight is 191 g/mol. The summed E-state index contributed by atoms with van der Waals surface area (Å²) in [7, 11) is -2.64. The van der Waals surface area contributed by atoms with Gasteiger partial charge < -0.3 is 0 Å². The highest BCUT2D eigenvalue weighted by Crippen LogP contribution is 2.10.